The minimum absolute atomic E-state index is 0.594. The van der Waals surface area contributed by atoms with Gasteiger partial charge in [-0.15, -0.1) is 0 Å². The highest BCUT2D eigenvalue weighted by molar-refractivity contribution is 6.18. The van der Waals surface area contributed by atoms with E-state index >= 15 is 0 Å². The van der Waals surface area contributed by atoms with E-state index in [0.717, 1.165) is 93.2 Å². The van der Waals surface area contributed by atoms with E-state index < -0.39 is 0 Å². The number of hydrogen-bond donors (Lipinski definition) is 0. The Balaban J connectivity index is 1.10. The van der Waals surface area contributed by atoms with Crippen molar-refractivity contribution in [3.8, 4) is 45.3 Å². The fourth-order valence-electron chi connectivity index (χ4n) is 7.59. The van der Waals surface area contributed by atoms with E-state index in [4.69, 9.17) is 23.8 Å². The van der Waals surface area contributed by atoms with Gasteiger partial charge in [-0.05, 0) is 69.8 Å². The molecule has 0 spiro atoms. The maximum atomic E-state index is 6.40. The number of aromatic nitrogens is 4. The third-order valence-electron chi connectivity index (χ3n) is 9.99. The molecule has 11 rings (SSSR count). The Morgan fingerprint density at radius 1 is 0.365 bits per heavy atom. The van der Waals surface area contributed by atoms with Crippen LogP contribution in [0.15, 0.2) is 167 Å². The van der Waals surface area contributed by atoms with Gasteiger partial charge in [0, 0.05) is 56.0 Å². The van der Waals surface area contributed by atoms with E-state index in [9.17, 15) is 0 Å². The number of pyridine rings is 1. The first kappa shape index (κ1) is 28.6. The van der Waals surface area contributed by atoms with E-state index in [1.54, 1.807) is 0 Å². The summed E-state index contributed by atoms with van der Waals surface area (Å²) in [5.74, 6) is 1.81. The Hall–Kier alpha value is -7.18. The number of nitrogens with zero attached hydrogens (tertiary/aromatic N) is 4. The standard InChI is InChI=1S/C46H26N4O2/c1-2-9-27(10-3-1)44-48-45(50-46(49-44)36-15-8-18-40-43(36)35-12-4-5-16-38(35)51-40)30-19-20-32-29(23-30)11-6-13-33(32)34-14-7-17-39-42(34)37-24-28-21-22-47-26-31(28)25-41(37)52-39/h1-26H. The molecule has 52 heavy (non-hydrogen) atoms. The quantitative estimate of drug-likeness (QED) is 0.186. The van der Waals surface area contributed by atoms with Crippen LogP contribution < -0.4 is 0 Å². The van der Waals surface area contributed by atoms with Gasteiger partial charge in [0.25, 0.3) is 0 Å². The molecule has 0 aliphatic heterocycles. The van der Waals surface area contributed by atoms with Crippen molar-refractivity contribution in [2.24, 2.45) is 0 Å². The first-order valence-corrected chi connectivity index (χ1v) is 17.2. The number of para-hydroxylation sites is 1. The first-order valence-electron chi connectivity index (χ1n) is 17.2. The second-order valence-corrected chi connectivity index (χ2v) is 13.0. The summed E-state index contributed by atoms with van der Waals surface area (Å²) in [6.07, 6.45) is 3.71. The van der Waals surface area contributed by atoms with Crippen LogP contribution in [0.4, 0.5) is 0 Å². The molecular formula is C46H26N4O2. The summed E-state index contributed by atoms with van der Waals surface area (Å²) in [6, 6.07) is 49.7. The Morgan fingerprint density at radius 2 is 1.06 bits per heavy atom. The van der Waals surface area contributed by atoms with Crippen LogP contribution in [0.1, 0.15) is 0 Å². The molecule has 7 aromatic carbocycles. The van der Waals surface area contributed by atoms with Crippen molar-refractivity contribution in [3.63, 3.8) is 0 Å². The largest absolute Gasteiger partial charge is 0.456 e. The molecule has 0 bridgehead atoms. The maximum absolute atomic E-state index is 6.40. The highest BCUT2D eigenvalue weighted by atomic mass is 16.3. The van der Waals surface area contributed by atoms with Crippen molar-refractivity contribution in [2.75, 3.05) is 0 Å². The van der Waals surface area contributed by atoms with Gasteiger partial charge in [-0.1, -0.05) is 103 Å². The summed E-state index contributed by atoms with van der Waals surface area (Å²) >= 11 is 0. The lowest BCUT2D eigenvalue weighted by molar-refractivity contribution is 0.669. The third-order valence-corrected chi connectivity index (χ3v) is 9.99. The lowest BCUT2D eigenvalue weighted by atomic mass is 9.93. The Kier molecular flexibility index (Phi) is 6.15. The highest BCUT2D eigenvalue weighted by Crippen LogP contribution is 2.41. The molecular weight excluding hydrogens is 641 g/mol. The average molecular weight is 667 g/mol. The van der Waals surface area contributed by atoms with Crippen LogP contribution in [0.3, 0.4) is 0 Å². The first-order chi connectivity index (χ1) is 25.7. The highest BCUT2D eigenvalue weighted by Gasteiger charge is 2.19. The smallest absolute Gasteiger partial charge is 0.164 e. The number of furan rings is 2. The van der Waals surface area contributed by atoms with Crippen LogP contribution >= 0.6 is 0 Å². The fraction of sp³-hybridized carbons (Fsp3) is 0. The second-order valence-electron chi connectivity index (χ2n) is 13.0. The third kappa shape index (κ3) is 4.44. The molecule has 4 heterocycles. The zero-order valence-corrected chi connectivity index (χ0v) is 27.6. The van der Waals surface area contributed by atoms with Gasteiger partial charge in [0.1, 0.15) is 22.3 Å². The number of hydrogen-bond acceptors (Lipinski definition) is 6. The molecule has 0 aliphatic rings. The molecule has 0 radical (unpaired) electrons. The Labute approximate surface area is 296 Å². The summed E-state index contributed by atoms with van der Waals surface area (Å²) in [4.78, 5) is 19.5. The molecule has 4 aromatic heterocycles. The van der Waals surface area contributed by atoms with Crippen molar-refractivity contribution in [1.82, 2.24) is 19.9 Å². The average Bonchev–Trinajstić information content (AvgIpc) is 3.77. The van der Waals surface area contributed by atoms with Crippen LogP contribution in [-0.4, -0.2) is 19.9 Å². The van der Waals surface area contributed by atoms with Crippen LogP contribution in [0.5, 0.6) is 0 Å². The molecule has 0 atom stereocenters. The van der Waals surface area contributed by atoms with Crippen LogP contribution in [0.2, 0.25) is 0 Å². The predicted octanol–water partition coefficient (Wildman–Crippen LogP) is 12.0. The minimum Gasteiger partial charge on any atom is -0.456 e. The van der Waals surface area contributed by atoms with Crippen molar-refractivity contribution in [3.05, 3.63) is 158 Å². The summed E-state index contributed by atoms with van der Waals surface area (Å²) < 4.78 is 12.6. The van der Waals surface area contributed by atoms with Crippen molar-refractivity contribution in [2.45, 2.75) is 0 Å². The van der Waals surface area contributed by atoms with E-state index in [0.29, 0.717) is 17.5 Å². The molecule has 242 valence electrons. The normalized spacial score (nSPS) is 11.8. The van der Waals surface area contributed by atoms with Gasteiger partial charge in [-0.3, -0.25) is 4.98 Å². The SMILES string of the molecule is c1ccc(-c2nc(-c3ccc4c(-c5cccc6oc7cc8cnccc8cc7c56)cccc4c3)nc(-c3cccc4oc5ccccc5c34)n2)cc1. The van der Waals surface area contributed by atoms with Crippen LogP contribution in [0, 0.1) is 0 Å². The molecule has 0 saturated heterocycles. The van der Waals surface area contributed by atoms with Crippen LogP contribution in [0.25, 0.3) is 111 Å². The van der Waals surface area contributed by atoms with Gasteiger partial charge in [-0.25, -0.2) is 15.0 Å². The molecule has 0 fully saturated rings. The van der Waals surface area contributed by atoms with Gasteiger partial charge in [0.2, 0.25) is 0 Å². The summed E-state index contributed by atoms with van der Waals surface area (Å²) in [6.45, 7) is 0. The van der Waals surface area contributed by atoms with Crippen molar-refractivity contribution >= 4 is 65.4 Å². The van der Waals surface area contributed by atoms with E-state index in [-0.39, 0.29) is 0 Å². The zero-order valence-electron chi connectivity index (χ0n) is 27.6. The molecule has 0 unspecified atom stereocenters. The fourth-order valence-corrected chi connectivity index (χ4v) is 7.59. The Bertz CT molecular complexity index is 3200. The van der Waals surface area contributed by atoms with Gasteiger partial charge in [0.05, 0.1) is 0 Å². The molecule has 0 saturated carbocycles. The van der Waals surface area contributed by atoms with Gasteiger partial charge >= 0.3 is 0 Å². The summed E-state index contributed by atoms with van der Waals surface area (Å²) in [5.41, 5.74) is 8.31. The summed E-state index contributed by atoms with van der Waals surface area (Å²) in [5, 5.41) is 8.61. The van der Waals surface area contributed by atoms with Crippen molar-refractivity contribution in [1.29, 1.82) is 0 Å². The number of benzene rings is 7. The molecule has 0 N–H and O–H groups in total. The van der Waals surface area contributed by atoms with Gasteiger partial charge in [-0.2, -0.15) is 0 Å². The molecule has 6 heteroatoms. The lowest BCUT2D eigenvalue weighted by Gasteiger charge is -2.12. The van der Waals surface area contributed by atoms with Gasteiger partial charge in [0.15, 0.2) is 17.5 Å². The molecule has 0 aliphatic carbocycles. The maximum Gasteiger partial charge on any atom is 0.164 e. The monoisotopic (exact) mass is 666 g/mol. The number of fused-ring (bicyclic) bond motifs is 8. The van der Waals surface area contributed by atoms with Crippen LogP contribution in [-0.2, 0) is 0 Å². The van der Waals surface area contributed by atoms with Gasteiger partial charge < -0.3 is 8.83 Å². The Morgan fingerprint density at radius 3 is 1.94 bits per heavy atom. The van der Waals surface area contributed by atoms with Crippen molar-refractivity contribution < 1.29 is 8.83 Å². The molecule has 11 aromatic rings. The zero-order chi connectivity index (χ0) is 34.2. The molecule has 0 amide bonds. The second kappa shape index (κ2) is 11.2. The van der Waals surface area contributed by atoms with E-state index in [1.165, 1.54) is 0 Å². The minimum atomic E-state index is 0.594. The predicted molar refractivity (Wildman–Crippen MR) is 209 cm³/mol. The topological polar surface area (TPSA) is 77.8 Å². The lowest BCUT2D eigenvalue weighted by Crippen LogP contribution is -2.00. The molecule has 6 nitrogen and oxygen atoms in total. The van der Waals surface area contributed by atoms with E-state index in [1.807, 2.05) is 85.2 Å². The number of rotatable bonds is 4. The summed E-state index contributed by atoms with van der Waals surface area (Å²) in [7, 11) is 0. The van der Waals surface area contributed by atoms with E-state index in [2.05, 4.69) is 77.8 Å².